The minimum absolute atomic E-state index is 0.717. The van der Waals surface area contributed by atoms with Crippen molar-refractivity contribution in [3.63, 3.8) is 0 Å². The number of fused-ring (bicyclic) bond motifs is 6. The normalized spacial score (nSPS) is 11.6. The van der Waals surface area contributed by atoms with Crippen LogP contribution in [0, 0.1) is 0 Å². The van der Waals surface area contributed by atoms with Crippen LogP contribution in [-0.4, -0.2) is 19.5 Å². The quantitative estimate of drug-likeness (QED) is 0.204. The summed E-state index contributed by atoms with van der Waals surface area (Å²) in [5, 5.41) is 3.58. The molecule has 234 valence electrons. The number of aromatic amines is 1. The number of benzene rings is 7. The summed E-state index contributed by atoms with van der Waals surface area (Å²) in [4.78, 5) is 13.9. The number of nitrogens with one attached hydrogen (secondary N) is 1. The van der Waals surface area contributed by atoms with Crippen LogP contribution in [0.4, 0.5) is 0 Å². The molecule has 1 N–H and O–H groups in total. The van der Waals surface area contributed by atoms with E-state index < -0.39 is 0 Å². The number of H-pyrrole nitrogens is 1. The Morgan fingerprint density at radius 2 is 0.980 bits per heavy atom. The first-order valence-corrected chi connectivity index (χ1v) is 16.9. The van der Waals surface area contributed by atoms with Crippen LogP contribution in [0.5, 0.6) is 0 Å². The Morgan fingerprint density at radius 1 is 0.400 bits per heavy atom. The molecule has 10 rings (SSSR count). The number of hydrogen-bond acceptors (Lipinski definition) is 2. The highest BCUT2D eigenvalue weighted by atomic mass is 15.0. The lowest BCUT2D eigenvalue weighted by atomic mass is 9.97. The lowest BCUT2D eigenvalue weighted by Gasteiger charge is -2.09. The molecule has 0 saturated carbocycles. The van der Waals surface area contributed by atoms with E-state index >= 15 is 0 Å². The molecule has 7 aromatic carbocycles. The lowest BCUT2D eigenvalue weighted by Crippen LogP contribution is -1.94. The van der Waals surface area contributed by atoms with Crippen LogP contribution in [0.2, 0.25) is 0 Å². The largest absolute Gasteiger partial charge is 0.351 e. The average molecular weight is 639 g/mol. The fourth-order valence-electron chi connectivity index (χ4n) is 7.34. The topological polar surface area (TPSA) is 46.5 Å². The zero-order valence-electron chi connectivity index (χ0n) is 27.1. The van der Waals surface area contributed by atoms with Crippen LogP contribution < -0.4 is 0 Å². The Bertz CT molecular complexity index is 2850. The number of para-hydroxylation sites is 2. The first-order chi connectivity index (χ1) is 24.8. The molecule has 0 amide bonds. The average Bonchev–Trinajstić information content (AvgIpc) is 3.73. The van der Waals surface area contributed by atoms with Crippen molar-refractivity contribution in [3.05, 3.63) is 176 Å². The van der Waals surface area contributed by atoms with E-state index in [-0.39, 0.29) is 0 Å². The Labute approximate surface area is 289 Å². The molecule has 0 atom stereocenters. The van der Waals surface area contributed by atoms with Crippen molar-refractivity contribution in [3.8, 4) is 50.6 Å². The summed E-state index contributed by atoms with van der Waals surface area (Å²) >= 11 is 0. The van der Waals surface area contributed by atoms with Gasteiger partial charge >= 0.3 is 0 Å². The molecule has 0 aliphatic heterocycles. The van der Waals surface area contributed by atoms with Gasteiger partial charge in [0.15, 0.2) is 5.82 Å². The van der Waals surface area contributed by atoms with Crippen molar-refractivity contribution in [2.75, 3.05) is 0 Å². The first-order valence-electron chi connectivity index (χ1n) is 16.9. The van der Waals surface area contributed by atoms with E-state index in [1.807, 2.05) is 24.3 Å². The highest BCUT2D eigenvalue weighted by Crippen LogP contribution is 2.38. The zero-order chi connectivity index (χ0) is 33.0. The number of nitrogens with zero attached hydrogens (tertiary/aromatic N) is 3. The van der Waals surface area contributed by atoms with E-state index in [0.29, 0.717) is 5.82 Å². The van der Waals surface area contributed by atoms with Crippen molar-refractivity contribution >= 4 is 43.7 Å². The van der Waals surface area contributed by atoms with Crippen LogP contribution in [0.25, 0.3) is 94.3 Å². The molecular weight excluding hydrogens is 609 g/mol. The third kappa shape index (κ3) is 4.61. The molecule has 3 aromatic heterocycles. The zero-order valence-corrected chi connectivity index (χ0v) is 27.1. The maximum Gasteiger partial charge on any atom is 0.160 e. The minimum atomic E-state index is 0.717. The standard InChI is InChI=1S/C46H30N4/c1-4-13-30(14-5-1)43-45-44(49-46(48-43)31-15-6-2-7-16-31)39-29-34(23-25-40(39)47-45)32-17-12-18-33(27-32)35-24-26-42-38(28-35)37-21-10-11-22-41(37)50(42)36-19-8-3-9-20-36/h1-29,47H. The van der Waals surface area contributed by atoms with Gasteiger partial charge in [-0.1, -0.05) is 127 Å². The van der Waals surface area contributed by atoms with Gasteiger partial charge in [-0.15, -0.1) is 0 Å². The smallest absolute Gasteiger partial charge is 0.160 e. The van der Waals surface area contributed by atoms with Crippen LogP contribution in [0.3, 0.4) is 0 Å². The highest BCUT2D eigenvalue weighted by molar-refractivity contribution is 6.12. The molecule has 0 aliphatic rings. The monoisotopic (exact) mass is 638 g/mol. The van der Waals surface area contributed by atoms with Crippen molar-refractivity contribution in [2.24, 2.45) is 0 Å². The van der Waals surface area contributed by atoms with Crippen LogP contribution in [-0.2, 0) is 0 Å². The highest BCUT2D eigenvalue weighted by Gasteiger charge is 2.17. The van der Waals surface area contributed by atoms with Gasteiger partial charge in [0.1, 0.15) is 5.52 Å². The van der Waals surface area contributed by atoms with E-state index in [2.05, 4.69) is 161 Å². The molecule has 50 heavy (non-hydrogen) atoms. The van der Waals surface area contributed by atoms with Crippen molar-refractivity contribution in [2.45, 2.75) is 0 Å². The Morgan fingerprint density at radius 3 is 1.74 bits per heavy atom. The Hall–Kier alpha value is -6.78. The summed E-state index contributed by atoms with van der Waals surface area (Å²) in [5.41, 5.74) is 14.1. The fourth-order valence-corrected chi connectivity index (χ4v) is 7.34. The second kappa shape index (κ2) is 11.4. The summed E-state index contributed by atoms with van der Waals surface area (Å²) < 4.78 is 2.36. The summed E-state index contributed by atoms with van der Waals surface area (Å²) in [7, 11) is 0. The predicted octanol–water partition coefficient (Wildman–Crippen LogP) is 11.9. The SMILES string of the molecule is c1ccc(-c2nc(-c3ccccc3)c3[nH]c4ccc(-c5cccc(-c6ccc7c(c6)c6ccccc6n7-c6ccccc6)c5)cc4c3n2)cc1. The maximum absolute atomic E-state index is 5.15. The van der Waals surface area contributed by atoms with Gasteiger partial charge < -0.3 is 9.55 Å². The molecule has 4 nitrogen and oxygen atoms in total. The number of hydrogen-bond donors (Lipinski definition) is 1. The summed E-state index contributed by atoms with van der Waals surface area (Å²) in [6, 6.07) is 62.2. The molecule has 10 aromatic rings. The molecule has 0 bridgehead atoms. The molecular formula is C46H30N4. The van der Waals surface area contributed by atoms with Gasteiger partial charge in [-0.2, -0.15) is 0 Å². The van der Waals surface area contributed by atoms with Crippen LogP contribution in [0.1, 0.15) is 0 Å². The van der Waals surface area contributed by atoms with E-state index in [1.165, 1.54) is 32.9 Å². The second-order valence-corrected chi connectivity index (χ2v) is 12.7. The summed E-state index contributed by atoms with van der Waals surface area (Å²) in [6.07, 6.45) is 0. The second-order valence-electron chi connectivity index (χ2n) is 12.7. The molecule has 0 aliphatic carbocycles. The van der Waals surface area contributed by atoms with Crippen molar-refractivity contribution in [1.82, 2.24) is 19.5 Å². The van der Waals surface area contributed by atoms with Gasteiger partial charge in [-0.3, -0.25) is 0 Å². The predicted molar refractivity (Wildman–Crippen MR) is 207 cm³/mol. The van der Waals surface area contributed by atoms with Crippen LogP contribution in [0.15, 0.2) is 176 Å². The van der Waals surface area contributed by atoms with E-state index in [9.17, 15) is 0 Å². The summed E-state index contributed by atoms with van der Waals surface area (Å²) in [5.74, 6) is 0.717. The molecule has 0 saturated heterocycles. The molecule has 0 fully saturated rings. The summed E-state index contributed by atoms with van der Waals surface area (Å²) in [6.45, 7) is 0. The third-order valence-corrected chi connectivity index (χ3v) is 9.74. The van der Waals surface area contributed by atoms with Gasteiger partial charge in [0.05, 0.1) is 22.2 Å². The molecule has 0 radical (unpaired) electrons. The van der Waals surface area contributed by atoms with Gasteiger partial charge in [0.2, 0.25) is 0 Å². The van der Waals surface area contributed by atoms with Gasteiger partial charge in [-0.05, 0) is 70.8 Å². The maximum atomic E-state index is 5.15. The molecule has 4 heteroatoms. The molecule has 3 heterocycles. The Kier molecular flexibility index (Phi) is 6.46. The van der Waals surface area contributed by atoms with E-state index in [0.717, 1.165) is 55.6 Å². The molecule has 0 spiro atoms. The van der Waals surface area contributed by atoms with Crippen LogP contribution >= 0.6 is 0 Å². The third-order valence-electron chi connectivity index (χ3n) is 9.74. The Balaban J connectivity index is 1.11. The molecule has 0 unspecified atom stereocenters. The minimum Gasteiger partial charge on any atom is -0.351 e. The van der Waals surface area contributed by atoms with E-state index in [1.54, 1.807) is 0 Å². The van der Waals surface area contributed by atoms with Gasteiger partial charge in [0, 0.05) is 38.5 Å². The number of aromatic nitrogens is 4. The van der Waals surface area contributed by atoms with Gasteiger partial charge in [0.25, 0.3) is 0 Å². The fraction of sp³-hybridized carbons (Fsp3) is 0. The van der Waals surface area contributed by atoms with E-state index in [4.69, 9.17) is 9.97 Å². The number of rotatable bonds is 5. The van der Waals surface area contributed by atoms with Crippen molar-refractivity contribution < 1.29 is 0 Å². The van der Waals surface area contributed by atoms with Gasteiger partial charge in [-0.25, -0.2) is 9.97 Å². The first kappa shape index (κ1) is 28.3. The lowest BCUT2D eigenvalue weighted by molar-refractivity contribution is 1.18. The van der Waals surface area contributed by atoms with Crippen molar-refractivity contribution in [1.29, 1.82) is 0 Å².